The van der Waals surface area contributed by atoms with Crippen molar-refractivity contribution in [2.75, 3.05) is 39.9 Å². The second-order valence-electron chi connectivity index (χ2n) is 6.70. The van der Waals surface area contributed by atoms with Gasteiger partial charge in [-0.1, -0.05) is 12.1 Å². The zero-order chi connectivity index (χ0) is 19.5. The number of esters is 1. The van der Waals surface area contributed by atoms with Crippen molar-refractivity contribution in [1.29, 1.82) is 0 Å². The fourth-order valence-electron chi connectivity index (χ4n) is 3.27. The van der Waals surface area contributed by atoms with Gasteiger partial charge in [-0.25, -0.2) is 0 Å². The van der Waals surface area contributed by atoms with E-state index in [-0.39, 0.29) is 35.9 Å². The lowest BCUT2D eigenvalue weighted by molar-refractivity contribution is -0.149. The molecule has 7 heteroatoms. The van der Waals surface area contributed by atoms with Gasteiger partial charge in [0, 0.05) is 26.2 Å². The van der Waals surface area contributed by atoms with Crippen molar-refractivity contribution in [2.45, 2.75) is 39.5 Å². The Bertz CT molecular complexity index is 599. The van der Waals surface area contributed by atoms with Gasteiger partial charge in [0.15, 0.2) is 5.96 Å². The molecule has 158 valence electrons. The minimum absolute atomic E-state index is 0. The molecule has 0 atom stereocenters. The van der Waals surface area contributed by atoms with Gasteiger partial charge in [-0.3, -0.25) is 9.79 Å². The Hall–Kier alpha value is -1.51. The van der Waals surface area contributed by atoms with Crippen molar-refractivity contribution in [1.82, 2.24) is 10.2 Å². The van der Waals surface area contributed by atoms with Gasteiger partial charge in [0.2, 0.25) is 0 Å². The van der Waals surface area contributed by atoms with E-state index in [0.29, 0.717) is 6.61 Å². The molecule has 1 heterocycles. The summed E-state index contributed by atoms with van der Waals surface area (Å²) in [4.78, 5) is 18.9. The fourth-order valence-corrected chi connectivity index (χ4v) is 3.27. The number of ether oxygens (including phenoxy) is 2. The van der Waals surface area contributed by atoms with E-state index >= 15 is 0 Å². The number of aryl methyl sites for hydroxylation is 1. The second kappa shape index (κ2) is 13.6. The van der Waals surface area contributed by atoms with E-state index in [0.717, 1.165) is 63.6 Å². The van der Waals surface area contributed by atoms with E-state index in [1.165, 1.54) is 5.56 Å². The molecule has 0 amide bonds. The first-order valence-electron chi connectivity index (χ1n) is 10.0. The molecule has 1 aliphatic heterocycles. The second-order valence-corrected chi connectivity index (χ2v) is 6.70. The van der Waals surface area contributed by atoms with Crippen LogP contribution in [0.2, 0.25) is 0 Å². The predicted molar refractivity (Wildman–Crippen MR) is 124 cm³/mol. The summed E-state index contributed by atoms with van der Waals surface area (Å²) in [6.07, 6.45) is 3.66. The van der Waals surface area contributed by atoms with E-state index in [9.17, 15) is 4.79 Å². The van der Waals surface area contributed by atoms with Crippen LogP contribution in [0, 0.1) is 5.92 Å². The van der Waals surface area contributed by atoms with E-state index in [2.05, 4.69) is 29.3 Å². The summed E-state index contributed by atoms with van der Waals surface area (Å²) in [6, 6.07) is 8.20. The molecule has 6 nitrogen and oxygen atoms in total. The van der Waals surface area contributed by atoms with Crippen LogP contribution in [0.25, 0.3) is 0 Å². The molecule has 0 unspecified atom stereocenters. The van der Waals surface area contributed by atoms with Crippen LogP contribution < -0.4 is 10.1 Å². The number of likely N-dealkylation sites (tertiary alicyclic amines) is 1. The number of aliphatic imine (C=N–C) groups is 1. The van der Waals surface area contributed by atoms with Crippen LogP contribution in [0.4, 0.5) is 0 Å². The van der Waals surface area contributed by atoms with Gasteiger partial charge in [-0.05, 0) is 57.2 Å². The van der Waals surface area contributed by atoms with Crippen molar-refractivity contribution in [3.05, 3.63) is 29.8 Å². The van der Waals surface area contributed by atoms with Gasteiger partial charge in [0.1, 0.15) is 5.75 Å². The maximum Gasteiger partial charge on any atom is 0.309 e. The van der Waals surface area contributed by atoms with Crippen molar-refractivity contribution >= 4 is 35.9 Å². The number of carbonyl (C=O) groups is 1. The molecule has 1 N–H and O–H groups in total. The molecule has 1 fully saturated rings. The quantitative estimate of drug-likeness (QED) is 0.194. The lowest BCUT2D eigenvalue weighted by Crippen LogP contribution is -2.46. The molecule has 2 rings (SSSR count). The highest BCUT2D eigenvalue weighted by atomic mass is 127. The van der Waals surface area contributed by atoms with Crippen molar-refractivity contribution in [3.63, 3.8) is 0 Å². The monoisotopic (exact) mass is 503 g/mol. The lowest BCUT2D eigenvalue weighted by atomic mass is 9.97. The van der Waals surface area contributed by atoms with Gasteiger partial charge in [-0.15, -0.1) is 24.0 Å². The number of rotatable bonds is 8. The Morgan fingerprint density at radius 2 is 1.89 bits per heavy atom. The number of benzene rings is 1. The highest BCUT2D eigenvalue weighted by Gasteiger charge is 2.27. The molecule has 1 aromatic carbocycles. The fraction of sp³-hybridized carbons (Fsp3) is 0.619. The Labute approximate surface area is 186 Å². The number of halogens is 1. The molecule has 0 bridgehead atoms. The van der Waals surface area contributed by atoms with Crippen LogP contribution in [0.1, 0.15) is 38.7 Å². The molecule has 0 aliphatic carbocycles. The van der Waals surface area contributed by atoms with Crippen LogP contribution in [-0.2, 0) is 16.0 Å². The number of methoxy groups -OCH3 is 1. The van der Waals surface area contributed by atoms with Crippen LogP contribution in [0.5, 0.6) is 5.75 Å². The summed E-state index contributed by atoms with van der Waals surface area (Å²) in [5.74, 6) is 1.81. The lowest BCUT2D eigenvalue weighted by Gasteiger charge is -2.33. The molecular formula is C21H34IN3O3. The van der Waals surface area contributed by atoms with Crippen LogP contribution in [0.15, 0.2) is 29.3 Å². The topological polar surface area (TPSA) is 63.2 Å². The third kappa shape index (κ3) is 7.85. The standard InChI is InChI=1S/C21H33N3O3.HI/c1-4-22-21(24-15-12-18(13-16-24)20(25)27-5-2)23-14-6-7-17-8-10-19(26-3)11-9-17;/h8-11,18H,4-7,12-16H2,1-3H3,(H,22,23);1H. The molecule has 28 heavy (non-hydrogen) atoms. The summed E-state index contributed by atoms with van der Waals surface area (Å²) >= 11 is 0. The zero-order valence-electron chi connectivity index (χ0n) is 17.3. The van der Waals surface area contributed by atoms with Crippen LogP contribution >= 0.6 is 24.0 Å². The Kier molecular flexibility index (Phi) is 11.9. The van der Waals surface area contributed by atoms with Crippen molar-refractivity contribution in [3.8, 4) is 5.75 Å². The predicted octanol–water partition coefficient (Wildman–Crippen LogP) is 3.49. The van der Waals surface area contributed by atoms with Gasteiger partial charge in [0.25, 0.3) is 0 Å². The zero-order valence-corrected chi connectivity index (χ0v) is 19.6. The minimum atomic E-state index is -0.0569. The number of carbonyl (C=O) groups excluding carboxylic acids is 1. The average Bonchev–Trinajstić information content (AvgIpc) is 2.71. The van der Waals surface area contributed by atoms with Crippen molar-refractivity contribution in [2.24, 2.45) is 10.9 Å². The van der Waals surface area contributed by atoms with E-state index in [1.807, 2.05) is 19.1 Å². The molecular weight excluding hydrogens is 469 g/mol. The summed E-state index contributed by atoms with van der Waals surface area (Å²) in [6.45, 7) is 7.70. The normalized spacial score (nSPS) is 15.0. The molecule has 1 aromatic rings. The molecule has 1 aliphatic rings. The number of hydrogen-bond donors (Lipinski definition) is 1. The largest absolute Gasteiger partial charge is 0.497 e. The average molecular weight is 503 g/mol. The number of nitrogens with zero attached hydrogens (tertiary/aromatic N) is 2. The third-order valence-corrected chi connectivity index (χ3v) is 4.79. The van der Waals surface area contributed by atoms with E-state index in [4.69, 9.17) is 14.5 Å². The van der Waals surface area contributed by atoms with Gasteiger partial charge in [0.05, 0.1) is 19.6 Å². The number of piperidine rings is 1. The summed E-state index contributed by atoms with van der Waals surface area (Å²) in [5, 5.41) is 3.38. The molecule has 0 radical (unpaired) electrons. The highest BCUT2D eigenvalue weighted by molar-refractivity contribution is 14.0. The number of guanidine groups is 1. The first kappa shape index (κ1) is 24.5. The van der Waals surface area contributed by atoms with Crippen molar-refractivity contribution < 1.29 is 14.3 Å². The maximum absolute atomic E-state index is 11.9. The van der Waals surface area contributed by atoms with E-state index in [1.54, 1.807) is 7.11 Å². The Balaban J connectivity index is 0.00000392. The molecule has 0 saturated carbocycles. The SMILES string of the molecule is CCNC(=NCCCc1ccc(OC)cc1)N1CCC(C(=O)OCC)CC1.I. The van der Waals surface area contributed by atoms with Gasteiger partial charge >= 0.3 is 5.97 Å². The van der Waals surface area contributed by atoms with Gasteiger partial charge in [-0.2, -0.15) is 0 Å². The Morgan fingerprint density at radius 1 is 1.21 bits per heavy atom. The summed E-state index contributed by atoms with van der Waals surface area (Å²) in [7, 11) is 1.68. The first-order valence-corrected chi connectivity index (χ1v) is 10.0. The first-order chi connectivity index (χ1) is 13.2. The number of nitrogens with one attached hydrogen (secondary N) is 1. The molecule has 0 spiro atoms. The number of hydrogen-bond acceptors (Lipinski definition) is 4. The van der Waals surface area contributed by atoms with Gasteiger partial charge < -0.3 is 19.7 Å². The molecule has 1 saturated heterocycles. The smallest absolute Gasteiger partial charge is 0.309 e. The van der Waals surface area contributed by atoms with Crippen LogP contribution in [0.3, 0.4) is 0 Å². The van der Waals surface area contributed by atoms with Crippen LogP contribution in [-0.4, -0.2) is 56.7 Å². The molecule has 0 aromatic heterocycles. The summed E-state index contributed by atoms with van der Waals surface area (Å²) < 4.78 is 10.3. The minimum Gasteiger partial charge on any atom is -0.497 e. The summed E-state index contributed by atoms with van der Waals surface area (Å²) in [5.41, 5.74) is 1.30. The Morgan fingerprint density at radius 3 is 2.46 bits per heavy atom. The third-order valence-electron chi connectivity index (χ3n) is 4.79. The highest BCUT2D eigenvalue weighted by Crippen LogP contribution is 2.19. The van der Waals surface area contributed by atoms with E-state index < -0.39 is 0 Å². The maximum atomic E-state index is 11.9.